The molecule has 0 saturated heterocycles. The third-order valence-electron chi connectivity index (χ3n) is 8.97. The summed E-state index contributed by atoms with van der Waals surface area (Å²) in [6, 6.07) is 7.04. The number of halogens is 2. The van der Waals surface area contributed by atoms with Crippen LogP contribution in [0.1, 0.15) is 84.8 Å². The van der Waals surface area contributed by atoms with Gasteiger partial charge in [-0.1, -0.05) is 13.0 Å². The van der Waals surface area contributed by atoms with Gasteiger partial charge in [0.05, 0.1) is 5.56 Å². The lowest BCUT2D eigenvalue weighted by molar-refractivity contribution is -0.129. The second-order valence-corrected chi connectivity index (χ2v) is 10.9. The average molecular weight is 482 g/mol. The number of aryl methyl sites for hydroxylation is 2. The van der Waals surface area contributed by atoms with E-state index in [4.69, 9.17) is 0 Å². The lowest BCUT2D eigenvalue weighted by atomic mass is 9.55. The summed E-state index contributed by atoms with van der Waals surface area (Å²) in [5, 5.41) is 13.3. The largest absolute Gasteiger partial charge is 0.508 e. The maximum Gasteiger partial charge on any atom is 0.254 e. The molecule has 0 aromatic heterocycles. The van der Waals surface area contributed by atoms with Crippen LogP contribution < -0.4 is 5.32 Å². The Hall–Kier alpha value is -2.76. The number of rotatable bonds is 6. The van der Waals surface area contributed by atoms with Crippen molar-refractivity contribution in [1.82, 2.24) is 5.32 Å². The zero-order valence-corrected chi connectivity index (χ0v) is 20.2. The van der Waals surface area contributed by atoms with E-state index in [-0.39, 0.29) is 11.0 Å². The highest BCUT2D eigenvalue weighted by Crippen LogP contribution is 2.59. The molecule has 35 heavy (non-hydrogen) atoms. The highest BCUT2D eigenvalue weighted by atomic mass is 19.1. The van der Waals surface area contributed by atoms with Gasteiger partial charge >= 0.3 is 0 Å². The number of carbonyl (C=O) groups is 2. The Kier molecular flexibility index (Phi) is 6.41. The summed E-state index contributed by atoms with van der Waals surface area (Å²) in [6.45, 7) is 2.56. The molecule has 0 bridgehead atoms. The number of aromatic hydroxyl groups is 1. The van der Waals surface area contributed by atoms with E-state index in [0.717, 1.165) is 62.6 Å². The summed E-state index contributed by atoms with van der Waals surface area (Å²) in [4.78, 5) is 24.7. The number of hydrogen-bond donors (Lipinski definition) is 2. The van der Waals surface area contributed by atoms with Gasteiger partial charge in [-0.15, -0.1) is 0 Å². The summed E-state index contributed by atoms with van der Waals surface area (Å²) in [6.07, 6.45) is 7.93. The predicted molar refractivity (Wildman–Crippen MR) is 129 cm³/mol. The van der Waals surface area contributed by atoms with Gasteiger partial charge < -0.3 is 10.4 Å². The van der Waals surface area contributed by atoms with Gasteiger partial charge in [-0.25, -0.2) is 8.78 Å². The van der Waals surface area contributed by atoms with Gasteiger partial charge in [-0.05, 0) is 104 Å². The Morgan fingerprint density at radius 3 is 2.74 bits per heavy atom. The Bertz CT molecular complexity index is 1160. The number of benzene rings is 2. The maximum absolute atomic E-state index is 13.8. The molecule has 186 valence electrons. The van der Waals surface area contributed by atoms with E-state index < -0.39 is 17.5 Å². The fraction of sp³-hybridized carbons (Fsp3) is 0.517. The highest BCUT2D eigenvalue weighted by molar-refractivity contribution is 5.94. The second-order valence-electron chi connectivity index (χ2n) is 10.9. The molecule has 5 rings (SSSR count). The van der Waals surface area contributed by atoms with Crippen LogP contribution in [-0.4, -0.2) is 23.3 Å². The number of hydrogen-bond acceptors (Lipinski definition) is 3. The molecule has 4 nitrogen and oxygen atoms in total. The van der Waals surface area contributed by atoms with E-state index in [1.54, 1.807) is 0 Å². The smallest absolute Gasteiger partial charge is 0.254 e. The number of fused-ring (bicyclic) bond motifs is 5. The van der Waals surface area contributed by atoms with Crippen LogP contribution >= 0.6 is 0 Å². The Morgan fingerprint density at radius 1 is 1.11 bits per heavy atom. The molecular weight excluding hydrogens is 448 g/mol. The lowest BCUT2D eigenvalue weighted by Gasteiger charge is -2.48. The average Bonchev–Trinajstić information content (AvgIpc) is 3.13. The van der Waals surface area contributed by atoms with Crippen LogP contribution in [0.5, 0.6) is 5.75 Å². The van der Waals surface area contributed by atoms with E-state index in [2.05, 4.69) is 18.3 Å². The number of unbranched alkanes of at least 4 members (excludes halogenated alkanes) is 1. The number of ketones is 1. The van der Waals surface area contributed by atoms with Crippen LogP contribution in [0.15, 0.2) is 30.3 Å². The first kappa shape index (κ1) is 24.0. The van der Waals surface area contributed by atoms with E-state index >= 15 is 0 Å². The third-order valence-corrected chi connectivity index (χ3v) is 8.97. The van der Waals surface area contributed by atoms with Gasteiger partial charge in [0.25, 0.3) is 5.91 Å². The molecule has 4 atom stereocenters. The normalized spacial score (nSPS) is 27.2. The molecule has 2 fully saturated rings. The Morgan fingerprint density at radius 2 is 1.94 bits per heavy atom. The summed E-state index contributed by atoms with van der Waals surface area (Å²) < 4.78 is 26.8. The maximum atomic E-state index is 13.8. The molecule has 2 saturated carbocycles. The fourth-order valence-corrected chi connectivity index (χ4v) is 7.04. The quantitative estimate of drug-likeness (QED) is 0.509. The number of amides is 1. The topological polar surface area (TPSA) is 66.4 Å². The van der Waals surface area contributed by atoms with Gasteiger partial charge in [0.15, 0.2) is 0 Å². The van der Waals surface area contributed by atoms with E-state index in [9.17, 15) is 23.5 Å². The first-order valence-electron chi connectivity index (χ1n) is 12.9. The summed E-state index contributed by atoms with van der Waals surface area (Å²) in [7, 11) is 0. The van der Waals surface area contributed by atoms with E-state index in [1.807, 2.05) is 6.07 Å². The van der Waals surface area contributed by atoms with Crippen molar-refractivity contribution in [3.8, 4) is 5.75 Å². The molecule has 0 spiro atoms. The second kappa shape index (κ2) is 9.36. The predicted octanol–water partition coefficient (Wildman–Crippen LogP) is 5.85. The van der Waals surface area contributed by atoms with Crippen molar-refractivity contribution >= 4 is 11.7 Å². The SMILES string of the molecule is C[C@]12CCC3c4cc(CCCCNC(=O)c5ccc(F)cc5F)c(O)cc4CCC3C1CCC2=O. The zero-order chi connectivity index (χ0) is 24.7. The van der Waals surface area contributed by atoms with Gasteiger partial charge in [0.2, 0.25) is 0 Å². The standard InChI is InChI=1S/C29H33F2NO3/c1-29-12-11-20-21(24(29)9-10-27(29)34)7-5-17-15-26(33)18(14-23(17)20)4-2-3-13-32-28(35)22-8-6-19(30)16-25(22)31/h6,8,14-16,20-21,24,33H,2-5,7,9-13H2,1H3,(H,32,35)/t20?,21?,24?,29-/m0/s1. The van der Waals surface area contributed by atoms with Crippen LogP contribution in [0, 0.1) is 28.9 Å². The minimum atomic E-state index is -0.871. The Labute approximate surface area is 205 Å². The first-order valence-corrected chi connectivity index (χ1v) is 12.9. The van der Waals surface area contributed by atoms with E-state index in [0.29, 0.717) is 54.7 Å². The highest BCUT2D eigenvalue weighted by Gasteiger charge is 2.54. The van der Waals surface area contributed by atoms with Crippen LogP contribution in [0.25, 0.3) is 0 Å². The molecule has 0 aliphatic heterocycles. The van der Waals surface area contributed by atoms with Gasteiger partial charge in [-0.3, -0.25) is 9.59 Å². The molecule has 3 unspecified atom stereocenters. The van der Waals surface area contributed by atoms with Crippen molar-refractivity contribution in [1.29, 1.82) is 0 Å². The zero-order valence-electron chi connectivity index (χ0n) is 20.2. The molecule has 1 amide bonds. The molecule has 6 heteroatoms. The van der Waals surface area contributed by atoms with Gasteiger partial charge in [-0.2, -0.15) is 0 Å². The number of phenols is 1. The first-order chi connectivity index (χ1) is 16.8. The van der Waals surface area contributed by atoms with Crippen LogP contribution in [-0.2, 0) is 17.6 Å². The lowest BCUT2D eigenvalue weighted by Crippen LogP contribution is -2.42. The third kappa shape index (κ3) is 4.36. The molecule has 0 heterocycles. The van der Waals surface area contributed by atoms with Crippen molar-refractivity contribution in [3.63, 3.8) is 0 Å². The monoisotopic (exact) mass is 481 g/mol. The van der Waals surface area contributed by atoms with Crippen LogP contribution in [0.2, 0.25) is 0 Å². The van der Waals surface area contributed by atoms with Crippen molar-refractivity contribution in [2.75, 3.05) is 6.54 Å². The Balaban J connectivity index is 1.20. The van der Waals surface area contributed by atoms with Crippen molar-refractivity contribution in [2.45, 2.75) is 70.6 Å². The number of carbonyl (C=O) groups excluding carboxylic acids is 2. The summed E-state index contributed by atoms with van der Waals surface area (Å²) >= 11 is 0. The van der Waals surface area contributed by atoms with E-state index in [1.165, 1.54) is 11.1 Å². The van der Waals surface area contributed by atoms with Crippen molar-refractivity contribution < 1.29 is 23.5 Å². The van der Waals surface area contributed by atoms with Crippen molar-refractivity contribution in [3.05, 3.63) is 64.2 Å². The molecular formula is C29H33F2NO3. The van der Waals surface area contributed by atoms with Crippen molar-refractivity contribution in [2.24, 2.45) is 17.3 Å². The summed E-state index contributed by atoms with van der Waals surface area (Å²) in [5.74, 6) is 0.135. The minimum absolute atomic E-state index is 0.139. The number of phenolic OH excluding ortho intramolecular Hbond substituents is 1. The fourth-order valence-electron chi connectivity index (χ4n) is 7.04. The molecule has 0 radical (unpaired) electrons. The number of Topliss-reactive ketones (excluding diaryl/α,β-unsaturated/α-hetero) is 1. The molecule has 2 N–H and O–H groups in total. The van der Waals surface area contributed by atoms with Gasteiger partial charge in [0, 0.05) is 24.4 Å². The van der Waals surface area contributed by atoms with Crippen LogP contribution in [0.3, 0.4) is 0 Å². The molecule has 3 aliphatic rings. The minimum Gasteiger partial charge on any atom is -0.508 e. The molecule has 3 aliphatic carbocycles. The summed E-state index contributed by atoms with van der Waals surface area (Å²) in [5.41, 5.74) is 3.22. The van der Waals surface area contributed by atoms with Crippen LogP contribution in [0.4, 0.5) is 8.78 Å². The molecule has 2 aromatic rings. The molecule has 2 aromatic carbocycles. The number of nitrogens with one attached hydrogen (secondary N) is 1. The van der Waals surface area contributed by atoms with Gasteiger partial charge in [0.1, 0.15) is 23.2 Å².